The molecule has 0 saturated carbocycles. The Labute approximate surface area is 156 Å². The van der Waals surface area contributed by atoms with Crippen molar-refractivity contribution in [2.45, 2.75) is 12.8 Å². The average Bonchev–Trinajstić information content (AvgIpc) is 3.17. The Morgan fingerprint density at radius 3 is 2.52 bits per heavy atom. The van der Waals surface area contributed by atoms with Crippen LogP contribution in [0.2, 0.25) is 0 Å². The van der Waals surface area contributed by atoms with E-state index in [1.165, 1.54) is 0 Å². The summed E-state index contributed by atoms with van der Waals surface area (Å²) in [4.78, 5) is 24.1. The van der Waals surface area contributed by atoms with Crippen LogP contribution in [0.3, 0.4) is 0 Å². The monoisotopic (exact) mass is 372 g/mol. The number of hydrogen-bond donors (Lipinski definition) is 2. The molecule has 8 heteroatoms. The van der Waals surface area contributed by atoms with Crippen molar-refractivity contribution < 1.29 is 28.5 Å². The molecule has 0 unspecified atom stereocenters. The van der Waals surface area contributed by atoms with Crippen LogP contribution in [0.25, 0.3) is 0 Å². The second kappa shape index (κ2) is 8.31. The second-order valence-corrected chi connectivity index (χ2v) is 5.76. The lowest BCUT2D eigenvalue weighted by Gasteiger charge is -2.10. The Kier molecular flexibility index (Phi) is 5.65. The van der Waals surface area contributed by atoms with Gasteiger partial charge in [-0.3, -0.25) is 20.4 Å². The van der Waals surface area contributed by atoms with Crippen molar-refractivity contribution in [3.8, 4) is 23.0 Å². The summed E-state index contributed by atoms with van der Waals surface area (Å²) in [7, 11) is 3.12. The topological polar surface area (TPSA) is 95.1 Å². The highest BCUT2D eigenvalue weighted by Gasteiger charge is 2.16. The van der Waals surface area contributed by atoms with Gasteiger partial charge in [0.05, 0.1) is 14.2 Å². The van der Waals surface area contributed by atoms with Gasteiger partial charge in [-0.2, -0.15) is 0 Å². The maximum absolute atomic E-state index is 12.1. The lowest BCUT2D eigenvalue weighted by atomic mass is 10.1. The molecular formula is C19H20N2O6. The number of amides is 2. The summed E-state index contributed by atoms with van der Waals surface area (Å²) in [6.07, 6.45) is 0.697. The van der Waals surface area contributed by atoms with E-state index in [-0.39, 0.29) is 19.1 Å². The zero-order valence-electron chi connectivity index (χ0n) is 15.0. The summed E-state index contributed by atoms with van der Waals surface area (Å²) in [6, 6.07) is 10.3. The van der Waals surface area contributed by atoms with Gasteiger partial charge in [-0.05, 0) is 42.3 Å². The molecule has 0 radical (unpaired) electrons. The molecule has 0 spiro atoms. The van der Waals surface area contributed by atoms with Crippen molar-refractivity contribution >= 4 is 11.8 Å². The molecule has 1 aliphatic rings. The standard InChI is InChI=1S/C19H20N2O6/c1-24-14-6-3-12(9-16(14)25-2)4-8-18(22)20-21-19(23)13-5-7-15-17(10-13)27-11-26-15/h3,5-7,9-10H,4,8,11H2,1-2H3,(H,20,22)(H,21,23). The molecule has 2 N–H and O–H groups in total. The fourth-order valence-electron chi connectivity index (χ4n) is 2.59. The number of hydrogen-bond acceptors (Lipinski definition) is 6. The average molecular weight is 372 g/mol. The van der Waals surface area contributed by atoms with Crippen LogP contribution in [-0.2, 0) is 11.2 Å². The smallest absolute Gasteiger partial charge is 0.269 e. The van der Waals surface area contributed by atoms with Gasteiger partial charge in [0.25, 0.3) is 5.91 Å². The largest absolute Gasteiger partial charge is 0.493 e. The van der Waals surface area contributed by atoms with E-state index >= 15 is 0 Å². The number of benzene rings is 2. The van der Waals surface area contributed by atoms with Crippen molar-refractivity contribution in [2.75, 3.05) is 21.0 Å². The molecule has 0 bridgehead atoms. The van der Waals surface area contributed by atoms with E-state index in [0.717, 1.165) is 5.56 Å². The van der Waals surface area contributed by atoms with Gasteiger partial charge in [0.1, 0.15) is 0 Å². The minimum Gasteiger partial charge on any atom is -0.493 e. The van der Waals surface area contributed by atoms with Crippen molar-refractivity contribution in [1.82, 2.24) is 10.9 Å². The van der Waals surface area contributed by atoms with Crippen LogP contribution >= 0.6 is 0 Å². The van der Waals surface area contributed by atoms with Crippen molar-refractivity contribution in [1.29, 1.82) is 0 Å². The number of hydrazine groups is 1. The lowest BCUT2D eigenvalue weighted by Crippen LogP contribution is -2.41. The number of carbonyl (C=O) groups is 2. The number of aryl methyl sites for hydroxylation is 1. The van der Waals surface area contributed by atoms with Gasteiger partial charge in [-0.25, -0.2) is 0 Å². The third kappa shape index (κ3) is 4.41. The van der Waals surface area contributed by atoms with Crippen LogP contribution in [0, 0.1) is 0 Å². The van der Waals surface area contributed by atoms with Crippen LogP contribution in [0.15, 0.2) is 36.4 Å². The van der Waals surface area contributed by atoms with E-state index in [1.54, 1.807) is 38.5 Å². The molecule has 2 amide bonds. The highest BCUT2D eigenvalue weighted by molar-refractivity contribution is 5.96. The van der Waals surface area contributed by atoms with E-state index in [4.69, 9.17) is 18.9 Å². The quantitative estimate of drug-likeness (QED) is 0.751. The molecule has 1 heterocycles. The maximum atomic E-state index is 12.1. The molecule has 2 aromatic carbocycles. The molecular weight excluding hydrogens is 352 g/mol. The third-order valence-corrected chi connectivity index (χ3v) is 4.04. The van der Waals surface area contributed by atoms with Crippen molar-refractivity contribution in [2.24, 2.45) is 0 Å². The SMILES string of the molecule is COc1ccc(CCC(=O)NNC(=O)c2ccc3c(c2)OCO3)cc1OC. The molecule has 142 valence electrons. The molecule has 8 nitrogen and oxygen atoms in total. The zero-order valence-corrected chi connectivity index (χ0v) is 15.0. The normalized spacial score (nSPS) is 11.6. The fourth-order valence-corrected chi connectivity index (χ4v) is 2.59. The minimum atomic E-state index is -0.437. The zero-order chi connectivity index (χ0) is 19.2. The molecule has 0 aromatic heterocycles. The van der Waals surface area contributed by atoms with E-state index in [1.807, 2.05) is 12.1 Å². The first-order valence-corrected chi connectivity index (χ1v) is 8.30. The fraction of sp³-hybridized carbons (Fsp3) is 0.263. The molecule has 2 aromatic rings. The Hall–Kier alpha value is -3.42. The third-order valence-electron chi connectivity index (χ3n) is 4.04. The molecule has 0 fully saturated rings. The summed E-state index contributed by atoms with van der Waals surface area (Å²) >= 11 is 0. The van der Waals surface area contributed by atoms with E-state index < -0.39 is 5.91 Å². The van der Waals surface area contributed by atoms with Crippen LogP contribution in [0.1, 0.15) is 22.3 Å². The van der Waals surface area contributed by atoms with E-state index in [2.05, 4.69) is 10.9 Å². The van der Waals surface area contributed by atoms with E-state index in [9.17, 15) is 9.59 Å². The Bertz CT molecular complexity index is 852. The number of rotatable bonds is 6. The number of methoxy groups -OCH3 is 2. The maximum Gasteiger partial charge on any atom is 0.269 e. The number of fused-ring (bicyclic) bond motifs is 1. The summed E-state index contributed by atoms with van der Waals surface area (Å²) < 4.78 is 20.8. The predicted molar refractivity (Wildman–Crippen MR) is 96.0 cm³/mol. The second-order valence-electron chi connectivity index (χ2n) is 5.76. The summed E-state index contributed by atoms with van der Waals surface area (Å²) in [5, 5.41) is 0. The van der Waals surface area contributed by atoms with Gasteiger partial charge in [-0.15, -0.1) is 0 Å². The highest BCUT2D eigenvalue weighted by Crippen LogP contribution is 2.32. The Balaban J connectivity index is 1.49. The van der Waals surface area contributed by atoms with Crippen LogP contribution in [0.5, 0.6) is 23.0 Å². The van der Waals surface area contributed by atoms with Gasteiger partial charge in [0.15, 0.2) is 23.0 Å². The first kappa shape index (κ1) is 18.4. The van der Waals surface area contributed by atoms with Gasteiger partial charge < -0.3 is 18.9 Å². The molecule has 3 rings (SSSR count). The van der Waals surface area contributed by atoms with Crippen LogP contribution < -0.4 is 29.8 Å². The molecule has 0 aliphatic carbocycles. The van der Waals surface area contributed by atoms with Crippen LogP contribution in [0.4, 0.5) is 0 Å². The van der Waals surface area contributed by atoms with Gasteiger partial charge >= 0.3 is 0 Å². The van der Waals surface area contributed by atoms with E-state index in [0.29, 0.717) is 35.0 Å². The van der Waals surface area contributed by atoms with Gasteiger partial charge in [-0.1, -0.05) is 6.07 Å². The summed E-state index contributed by atoms with van der Waals surface area (Å²) in [5.41, 5.74) is 6.07. The molecule has 0 saturated heterocycles. The minimum absolute atomic E-state index is 0.132. The number of carbonyl (C=O) groups excluding carboxylic acids is 2. The van der Waals surface area contributed by atoms with Gasteiger partial charge in [0.2, 0.25) is 12.7 Å². The Morgan fingerprint density at radius 1 is 0.963 bits per heavy atom. The first-order chi connectivity index (χ1) is 13.1. The molecule has 27 heavy (non-hydrogen) atoms. The Morgan fingerprint density at radius 2 is 1.74 bits per heavy atom. The summed E-state index contributed by atoms with van der Waals surface area (Å²) in [5.74, 6) is 1.58. The highest BCUT2D eigenvalue weighted by atomic mass is 16.7. The number of ether oxygens (including phenoxy) is 4. The molecule has 1 aliphatic heterocycles. The predicted octanol–water partition coefficient (Wildman–Crippen LogP) is 1.83. The van der Waals surface area contributed by atoms with Crippen molar-refractivity contribution in [3.05, 3.63) is 47.5 Å². The summed E-state index contributed by atoms with van der Waals surface area (Å²) in [6.45, 7) is 0.132. The van der Waals surface area contributed by atoms with Crippen molar-refractivity contribution in [3.63, 3.8) is 0 Å². The van der Waals surface area contributed by atoms with Gasteiger partial charge in [0, 0.05) is 12.0 Å². The first-order valence-electron chi connectivity index (χ1n) is 8.30. The van der Waals surface area contributed by atoms with Crippen LogP contribution in [-0.4, -0.2) is 32.8 Å². The molecule has 0 atom stereocenters. The number of nitrogens with one attached hydrogen (secondary N) is 2. The lowest BCUT2D eigenvalue weighted by molar-refractivity contribution is -0.121.